The Kier molecular flexibility index (Phi) is 3.95. The normalized spacial score (nSPS) is 19.1. The summed E-state index contributed by atoms with van der Waals surface area (Å²) >= 11 is 0. The molecule has 0 aliphatic carbocycles. The van der Waals surface area contributed by atoms with Gasteiger partial charge < -0.3 is 19.4 Å². The molecule has 1 fully saturated rings. The van der Waals surface area contributed by atoms with Crippen LogP contribution in [0.2, 0.25) is 0 Å². The molecule has 0 radical (unpaired) electrons. The Balaban J connectivity index is 1.64. The van der Waals surface area contributed by atoms with Crippen molar-refractivity contribution in [1.82, 2.24) is 9.88 Å². The highest BCUT2D eigenvalue weighted by Gasteiger charge is 2.34. The van der Waals surface area contributed by atoms with Crippen molar-refractivity contribution in [3.05, 3.63) is 47.3 Å². The Bertz CT molecular complexity index is 827. The van der Waals surface area contributed by atoms with Crippen molar-refractivity contribution in [3.8, 4) is 11.5 Å². The second kappa shape index (κ2) is 6.27. The SMILES string of the molecule is CC(=O)c1c[nH]c(C(=O)N2CCC[C@H]2c2cccc3c2OCCO3)c1. The van der Waals surface area contributed by atoms with E-state index in [-0.39, 0.29) is 17.7 Å². The van der Waals surface area contributed by atoms with Gasteiger partial charge in [0.15, 0.2) is 17.3 Å². The van der Waals surface area contributed by atoms with Gasteiger partial charge >= 0.3 is 0 Å². The van der Waals surface area contributed by atoms with E-state index in [1.165, 1.54) is 6.92 Å². The van der Waals surface area contributed by atoms with Crippen molar-refractivity contribution < 1.29 is 19.1 Å². The van der Waals surface area contributed by atoms with E-state index in [2.05, 4.69) is 4.98 Å². The Morgan fingerprint density at radius 1 is 1.24 bits per heavy atom. The molecule has 130 valence electrons. The Morgan fingerprint density at radius 2 is 2.08 bits per heavy atom. The van der Waals surface area contributed by atoms with Crippen LogP contribution >= 0.6 is 0 Å². The van der Waals surface area contributed by atoms with Gasteiger partial charge in [0.2, 0.25) is 0 Å². The number of ether oxygens (including phenoxy) is 2. The van der Waals surface area contributed by atoms with Gasteiger partial charge in [-0.25, -0.2) is 0 Å². The summed E-state index contributed by atoms with van der Waals surface area (Å²) in [4.78, 5) is 29.2. The zero-order chi connectivity index (χ0) is 17.4. The minimum absolute atomic E-state index is 0.0479. The van der Waals surface area contributed by atoms with E-state index in [1.54, 1.807) is 12.3 Å². The number of carbonyl (C=O) groups is 2. The second-order valence-electron chi connectivity index (χ2n) is 6.39. The van der Waals surface area contributed by atoms with E-state index in [9.17, 15) is 9.59 Å². The lowest BCUT2D eigenvalue weighted by Gasteiger charge is -2.28. The van der Waals surface area contributed by atoms with Crippen molar-refractivity contribution >= 4 is 11.7 Å². The summed E-state index contributed by atoms with van der Waals surface area (Å²) in [6.07, 6.45) is 3.40. The quantitative estimate of drug-likeness (QED) is 0.872. The van der Waals surface area contributed by atoms with Crippen LogP contribution < -0.4 is 9.47 Å². The number of rotatable bonds is 3. The molecule has 2 aliphatic heterocycles. The Labute approximate surface area is 145 Å². The number of H-pyrrole nitrogens is 1. The van der Waals surface area contributed by atoms with E-state index in [0.717, 1.165) is 29.9 Å². The van der Waals surface area contributed by atoms with Gasteiger partial charge in [-0.05, 0) is 31.9 Å². The number of aromatic nitrogens is 1. The van der Waals surface area contributed by atoms with E-state index >= 15 is 0 Å². The minimum atomic E-state index is -0.0932. The monoisotopic (exact) mass is 340 g/mol. The number of carbonyl (C=O) groups excluding carboxylic acids is 2. The smallest absolute Gasteiger partial charge is 0.270 e. The molecule has 0 spiro atoms. The van der Waals surface area contributed by atoms with Crippen molar-refractivity contribution in [1.29, 1.82) is 0 Å². The number of nitrogens with one attached hydrogen (secondary N) is 1. The summed E-state index contributed by atoms with van der Waals surface area (Å²) in [5, 5.41) is 0. The molecule has 3 heterocycles. The molecular formula is C19H20N2O4. The van der Waals surface area contributed by atoms with E-state index in [4.69, 9.17) is 9.47 Å². The van der Waals surface area contributed by atoms with Crippen LogP contribution in [0.3, 0.4) is 0 Å². The van der Waals surface area contributed by atoms with Crippen LogP contribution in [0.4, 0.5) is 0 Å². The molecule has 4 rings (SSSR count). The molecule has 1 N–H and O–H groups in total. The van der Waals surface area contributed by atoms with Crippen LogP contribution in [0, 0.1) is 0 Å². The number of Topliss-reactive ketones (excluding diaryl/α,β-unsaturated/α-hetero) is 1. The maximum Gasteiger partial charge on any atom is 0.270 e. The fourth-order valence-electron chi connectivity index (χ4n) is 3.57. The van der Waals surface area contributed by atoms with E-state index < -0.39 is 0 Å². The predicted octanol–water partition coefficient (Wildman–Crippen LogP) is 2.97. The first-order valence-electron chi connectivity index (χ1n) is 8.54. The number of fused-ring (bicyclic) bond motifs is 1. The van der Waals surface area contributed by atoms with Crippen LogP contribution in [-0.4, -0.2) is 41.3 Å². The first kappa shape index (κ1) is 15.7. The first-order chi connectivity index (χ1) is 12.1. The molecule has 0 unspecified atom stereocenters. The van der Waals surface area contributed by atoms with Crippen LogP contribution in [0.15, 0.2) is 30.5 Å². The first-order valence-corrected chi connectivity index (χ1v) is 8.54. The molecule has 1 atom stereocenters. The summed E-state index contributed by atoms with van der Waals surface area (Å²) in [5.74, 6) is 1.33. The number of hydrogen-bond donors (Lipinski definition) is 1. The molecule has 1 saturated heterocycles. The lowest BCUT2D eigenvalue weighted by atomic mass is 10.0. The number of likely N-dealkylation sites (tertiary alicyclic amines) is 1. The van der Waals surface area contributed by atoms with Gasteiger partial charge in [0.25, 0.3) is 5.91 Å². The number of para-hydroxylation sites is 1. The molecule has 6 nitrogen and oxygen atoms in total. The number of ketones is 1. The topological polar surface area (TPSA) is 71.6 Å². The average Bonchev–Trinajstić information content (AvgIpc) is 3.30. The highest BCUT2D eigenvalue weighted by Crippen LogP contribution is 2.43. The summed E-state index contributed by atoms with van der Waals surface area (Å²) in [5.41, 5.74) is 1.95. The third-order valence-corrected chi connectivity index (χ3v) is 4.79. The molecule has 1 amide bonds. The van der Waals surface area contributed by atoms with Gasteiger partial charge in [-0.15, -0.1) is 0 Å². The van der Waals surface area contributed by atoms with Gasteiger partial charge in [0.1, 0.15) is 18.9 Å². The van der Waals surface area contributed by atoms with E-state index in [1.807, 2.05) is 23.1 Å². The van der Waals surface area contributed by atoms with Gasteiger partial charge in [-0.3, -0.25) is 9.59 Å². The number of nitrogens with zero attached hydrogens (tertiary/aromatic N) is 1. The molecule has 25 heavy (non-hydrogen) atoms. The third kappa shape index (κ3) is 2.77. The number of amides is 1. The van der Waals surface area contributed by atoms with Gasteiger partial charge in [0.05, 0.1) is 6.04 Å². The lowest BCUT2D eigenvalue weighted by molar-refractivity contribution is 0.0725. The fourth-order valence-corrected chi connectivity index (χ4v) is 3.57. The molecule has 0 bridgehead atoms. The Morgan fingerprint density at radius 3 is 2.88 bits per heavy atom. The van der Waals surface area contributed by atoms with Crippen molar-refractivity contribution in [2.24, 2.45) is 0 Å². The second-order valence-corrected chi connectivity index (χ2v) is 6.39. The van der Waals surface area contributed by atoms with Crippen molar-refractivity contribution in [2.75, 3.05) is 19.8 Å². The maximum absolute atomic E-state index is 12.9. The summed E-state index contributed by atoms with van der Waals surface area (Å²) in [6.45, 7) is 3.23. The molecule has 1 aromatic heterocycles. The van der Waals surface area contributed by atoms with Crippen molar-refractivity contribution in [2.45, 2.75) is 25.8 Å². The average molecular weight is 340 g/mol. The van der Waals surface area contributed by atoms with Crippen LogP contribution in [0.1, 0.15) is 52.2 Å². The number of aromatic amines is 1. The van der Waals surface area contributed by atoms with Gasteiger partial charge in [-0.2, -0.15) is 0 Å². The lowest BCUT2D eigenvalue weighted by Crippen LogP contribution is -2.31. The van der Waals surface area contributed by atoms with Gasteiger partial charge in [-0.1, -0.05) is 12.1 Å². The fraction of sp³-hybridized carbons (Fsp3) is 0.368. The highest BCUT2D eigenvalue weighted by atomic mass is 16.6. The molecule has 1 aromatic carbocycles. The summed E-state index contributed by atoms with van der Waals surface area (Å²) in [7, 11) is 0. The van der Waals surface area contributed by atoms with E-state index in [0.29, 0.717) is 31.0 Å². The van der Waals surface area contributed by atoms with Crippen LogP contribution in [0.5, 0.6) is 11.5 Å². The largest absolute Gasteiger partial charge is 0.486 e. The standard InChI is InChI=1S/C19H20N2O4/c1-12(22)13-10-15(20-11-13)19(23)21-7-3-5-16(21)14-4-2-6-17-18(14)25-9-8-24-17/h2,4,6,10-11,16,20H,3,5,7-9H2,1H3/t16-/m0/s1. The molecular weight excluding hydrogens is 320 g/mol. The molecule has 2 aliphatic rings. The zero-order valence-corrected chi connectivity index (χ0v) is 14.1. The zero-order valence-electron chi connectivity index (χ0n) is 14.1. The van der Waals surface area contributed by atoms with Gasteiger partial charge in [0, 0.05) is 23.9 Å². The minimum Gasteiger partial charge on any atom is -0.486 e. The third-order valence-electron chi connectivity index (χ3n) is 4.79. The summed E-state index contributed by atoms with van der Waals surface area (Å²) < 4.78 is 11.5. The molecule has 0 saturated carbocycles. The Hall–Kier alpha value is -2.76. The predicted molar refractivity (Wildman–Crippen MR) is 91.2 cm³/mol. The molecule has 2 aromatic rings. The van der Waals surface area contributed by atoms with Crippen LogP contribution in [0.25, 0.3) is 0 Å². The highest BCUT2D eigenvalue weighted by molar-refractivity contribution is 5.99. The van der Waals surface area contributed by atoms with Crippen LogP contribution in [-0.2, 0) is 0 Å². The summed E-state index contributed by atoms with van der Waals surface area (Å²) in [6, 6.07) is 7.41. The van der Waals surface area contributed by atoms with Crippen molar-refractivity contribution in [3.63, 3.8) is 0 Å². The number of benzene rings is 1. The molecule has 6 heteroatoms. The maximum atomic E-state index is 12.9. The number of hydrogen-bond acceptors (Lipinski definition) is 4.